The zero-order chi connectivity index (χ0) is 13.2. The van der Waals surface area contributed by atoms with Gasteiger partial charge in [0.15, 0.2) is 0 Å². The van der Waals surface area contributed by atoms with Crippen molar-refractivity contribution in [1.29, 1.82) is 0 Å². The fourth-order valence-electron chi connectivity index (χ4n) is 2.31. The van der Waals surface area contributed by atoms with Crippen molar-refractivity contribution in [3.63, 3.8) is 0 Å². The summed E-state index contributed by atoms with van der Waals surface area (Å²) < 4.78 is 7.63. The van der Waals surface area contributed by atoms with Crippen molar-refractivity contribution in [3.05, 3.63) is 65.3 Å². The van der Waals surface area contributed by atoms with Gasteiger partial charge in [-0.2, -0.15) is 0 Å². The third-order valence-corrected chi connectivity index (χ3v) is 3.49. The van der Waals surface area contributed by atoms with E-state index in [1.807, 2.05) is 36.4 Å². The number of benzene rings is 2. The number of halogens is 1. The summed E-state index contributed by atoms with van der Waals surface area (Å²) in [6, 6.07) is 16.1. The molecule has 0 bridgehead atoms. The lowest BCUT2D eigenvalue weighted by molar-refractivity contribution is 0.417. The van der Waals surface area contributed by atoms with Gasteiger partial charge >= 0.3 is 0 Å². The maximum atomic E-state index is 5.91. The normalized spacial score (nSPS) is 10.8. The molecule has 0 atom stereocenters. The van der Waals surface area contributed by atoms with Gasteiger partial charge in [0, 0.05) is 23.2 Å². The first kappa shape index (κ1) is 12.1. The van der Waals surface area contributed by atoms with Gasteiger partial charge in [0.1, 0.15) is 5.75 Å². The number of para-hydroxylation sites is 1. The maximum absolute atomic E-state index is 5.91. The largest absolute Gasteiger partial charge is 0.495 e. The Hall–Kier alpha value is -1.93. The van der Waals surface area contributed by atoms with Crippen LogP contribution in [0.25, 0.3) is 10.9 Å². The highest BCUT2D eigenvalue weighted by atomic mass is 35.5. The van der Waals surface area contributed by atoms with E-state index in [-0.39, 0.29) is 0 Å². The standard InChI is InChI=1S/C16H14ClNO/c1-19-15-4-2-3-13-9-10-18(16(13)15)11-12-5-7-14(17)8-6-12/h2-10H,11H2,1H3. The average molecular weight is 272 g/mol. The predicted octanol–water partition coefficient (Wildman–Crippen LogP) is 4.35. The van der Waals surface area contributed by atoms with Crippen LogP contribution < -0.4 is 4.74 Å². The SMILES string of the molecule is COc1cccc2ccn(Cc3ccc(Cl)cc3)c12. The highest BCUT2D eigenvalue weighted by Gasteiger charge is 2.07. The topological polar surface area (TPSA) is 14.2 Å². The van der Waals surface area contributed by atoms with E-state index in [4.69, 9.17) is 16.3 Å². The molecule has 96 valence electrons. The van der Waals surface area contributed by atoms with Crippen LogP contribution >= 0.6 is 11.6 Å². The smallest absolute Gasteiger partial charge is 0.143 e. The Bertz CT molecular complexity index is 700. The molecule has 19 heavy (non-hydrogen) atoms. The Kier molecular flexibility index (Phi) is 3.18. The van der Waals surface area contributed by atoms with Crippen LogP contribution in [0.2, 0.25) is 5.02 Å². The van der Waals surface area contributed by atoms with Crippen LogP contribution in [-0.4, -0.2) is 11.7 Å². The molecule has 1 heterocycles. The molecule has 3 aromatic rings. The lowest BCUT2D eigenvalue weighted by atomic mass is 10.2. The minimum atomic E-state index is 0.763. The molecule has 0 saturated carbocycles. The molecule has 0 aliphatic carbocycles. The molecule has 3 heteroatoms. The Morgan fingerprint density at radius 3 is 2.58 bits per heavy atom. The molecular weight excluding hydrogens is 258 g/mol. The maximum Gasteiger partial charge on any atom is 0.143 e. The summed E-state index contributed by atoms with van der Waals surface area (Å²) in [5.41, 5.74) is 2.34. The Labute approximate surface area is 117 Å². The summed E-state index contributed by atoms with van der Waals surface area (Å²) >= 11 is 5.91. The van der Waals surface area contributed by atoms with Crippen molar-refractivity contribution >= 4 is 22.5 Å². The van der Waals surface area contributed by atoms with Gasteiger partial charge in [-0.05, 0) is 29.8 Å². The lowest BCUT2D eigenvalue weighted by Crippen LogP contribution is -1.99. The van der Waals surface area contributed by atoms with Gasteiger partial charge < -0.3 is 9.30 Å². The van der Waals surface area contributed by atoms with Crippen molar-refractivity contribution in [2.45, 2.75) is 6.54 Å². The average Bonchev–Trinajstić information content (AvgIpc) is 2.85. The fraction of sp³-hybridized carbons (Fsp3) is 0.125. The highest BCUT2D eigenvalue weighted by Crippen LogP contribution is 2.27. The van der Waals surface area contributed by atoms with Gasteiger partial charge in [-0.1, -0.05) is 35.9 Å². The van der Waals surface area contributed by atoms with E-state index in [1.165, 1.54) is 10.9 Å². The van der Waals surface area contributed by atoms with Crippen LogP contribution in [0.4, 0.5) is 0 Å². The van der Waals surface area contributed by atoms with Crippen molar-refractivity contribution < 1.29 is 4.74 Å². The zero-order valence-corrected chi connectivity index (χ0v) is 11.4. The molecule has 0 amide bonds. The molecule has 3 rings (SSSR count). The minimum absolute atomic E-state index is 0.763. The van der Waals surface area contributed by atoms with Gasteiger partial charge in [0.2, 0.25) is 0 Å². The van der Waals surface area contributed by atoms with Crippen molar-refractivity contribution in [2.24, 2.45) is 0 Å². The van der Waals surface area contributed by atoms with E-state index in [2.05, 4.69) is 22.9 Å². The first-order valence-corrected chi connectivity index (χ1v) is 6.52. The van der Waals surface area contributed by atoms with Gasteiger partial charge in [-0.25, -0.2) is 0 Å². The summed E-state index contributed by atoms with van der Waals surface area (Å²) in [5, 5.41) is 1.95. The number of hydrogen-bond donors (Lipinski definition) is 0. The number of methoxy groups -OCH3 is 1. The Balaban J connectivity index is 2.03. The number of aromatic nitrogens is 1. The van der Waals surface area contributed by atoms with Crippen molar-refractivity contribution in [2.75, 3.05) is 7.11 Å². The number of nitrogens with zero attached hydrogens (tertiary/aromatic N) is 1. The minimum Gasteiger partial charge on any atom is -0.495 e. The molecule has 2 aromatic carbocycles. The monoisotopic (exact) mass is 271 g/mol. The van der Waals surface area contributed by atoms with E-state index in [0.717, 1.165) is 22.8 Å². The van der Waals surface area contributed by atoms with Gasteiger partial charge in [0.25, 0.3) is 0 Å². The zero-order valence-electron chi connectivity index (χ0n) is 10.6. The summed E-state index contributed by atoms with van der Waals surface area (Å²) in [6.07, 6.45) is 2.09. The third kappa shape index (κ3) is 2.32. The molecular formula is C16H14ClNO. The van der Waals surface area contributed by atoms with E-state index in [1.54, 1.807) is 7.11 Å². The van der Waals surface area contributed by atoms with Crippen molar-refractivity contribution in [1.82, 2.24) is 4.57 Å². The molecule has 0 spiro atoms. The van der Waals surface area contributed by atoms with E-state index in [0.29, 0.717) is 0 Å². The van der Waals surface area contributed by atoms with Crippen LogP contribution in [0.15, 0.2) is 54.7 Å². The number of ether oxygens (including phenoxy) is 1. The molecule has 0 unspecified atom stereocenters. The molecule has 0 saturated heterocycles. The van der Waals surface area contributed by atoms with Gasteiger partial charge in [-0.15, -0.1) is 0 Å². The molecule has 0 N–H and O–H groups in total. The van der Waals surface area contributed by atoms with Crippen LogP contribution in [-0.2, 0) is 6.54 Å². The Morgan fingerprint density at radius 1 is 1.05 bits per heavy atom. The van der Waals surface area contributed by atoms with E-state index in [9.17, 15) is 0 Å². The molecule has 0 aliphatic rings. The van der Waals surface area contributed by atoms with Crippen LogP contribution in [0.3, 0.4) is 0 Å². The number of fused-ring (bicyclic) bond motifs is 1. The van der Waals surface area contributed by atoms with Gasteiger partial charge in [-0.3, -0.25) is 0 Å². The second kappa shape index (κ2) is 4.98. The first-order chi connectivity index (χ1) is 9.28. The summed E-state index contributed by atoms with van der Waals surface area (Å²) in [7, 11) is 1.70. The van der Waals surface area contributed by atoms with Crippen LogP contribution in [0, 0.1) is 0 Å². The summed E-state index contributed by atoms with van der Waals surface area (Å²) in [4.78, 5) is 0. The molecule has 0 fully saturated rings. The molecule has 1 aromatic heterocycles. The number of hydrogen-bond acceptors (Lipinski definition) is 1. The quantitative estimate of drug-likeness (QED) is 0.691. The van der Waals surface area contributed by atoms with Gasteiger partial charge in [0.05, 0.1) is 12.6 Å². The molecule has 0 aliphatic heterocycles. The second-order valence-corrected chi connectivity index (χ2v) is 4.90. The highest BCUT2D eigenvalue weighted by molar-refractivity contribution is 6.30. The van der Waals surface area contributed by atoms with E-state index < -0.39 is 0 Å². The summed E-state index contributed by atoms with van der Waals surface area (Å²) in [6.45, 7) is 0.807. The van der Waals surface area contributed by atoms with Crippen LogP contribution in [0.1, 0.15) is 5.56 Å². The molecule has 2 nitrogen and oxygen atoms in total. The lowest BCUT2D eigenvalue weighted by Gasteiger charge is -2.09. The molecule has 0 radical (unpaired) electrons. The van der Waals surface area contributed by atoms with Crippen LogP contribution in [0.5, 0.6) is 5.75 Å². The summed E-state index contributed by atoms with van der Waals surface area (Å²) in [5.74, 6) is 0.900. The number of rotatable bonds is 3. The Morgan fingerprint density at radius 2 is 1.84 bits per heavy atom. The second-order valence-electron chi connectivity index (χ2n) is 4.47. The predicted molar refractivity (Wildman–Crippen MR) is 79.0 cm³/mol. The van der Waals surface area contributed by atoms with E-state index >= 15 is 0 Å². The first-order valence-electron chi connectivity index (χ1n) is 6.14. The fourth-order valence-corrected chi connectivity index (χ4v) is 2.43. The third-order valence-electron chi connectivity index (χ3n) is 3.24. The van der Waals surface area contributed by atoms with Crippen molar-refractivity contribution in [3.8, 4) is 5.75 Å².